The van der Waals surface area contributed by atoms with Crippen molar-refractivity contribution in [3.05, 3.63) is 89.2 Å². The molecule has 0 aliphatic carbocycles. The Morgan fingerprint density at radius 2 is 1.89 bits per heavy atom. The molecule has 4 rings (SSSR count). The van der Waals surface area contributed by atoms with Crippen molar-refractivity contribution >= 4 is 16.9 Å². The van der Waals surface area contributed by atoms with Crippen LogP contribution in [0, 0.1) is 6.92 Å². The lowest BCUT2D eigenvalue weighted by molar-refractivity contribution is 0.0952. The van der Waals surface area contributed by atoms with E-state index in [9.17, 15) is 4.79 Å². The molecule has 0 spiro atoms. The summed E-state index contributed by atoms with van der Waals surface area (Å²) in [5, 5.41) is 3.00. The van der Waals surface area contributed by atoms with E-state index in [2.05, 4.69) is 54.9 Å². The van der Waals surface area contributed by atoms with Crippen molar-refractivity contribution in [3.63, 3.8) is 0 Å². The number of para-hydroxylation sites is 2. The molecule has 0 saturated heterocycles. The maximum absolute atomic E-state index is 12.5. The molecule has 1 heterocycles. The highest BCUT2D eigenvalue weighted by atomic mass is 16.5. The summed E-state index contributed by atoms with van der Waals surface area (Å²) < 4.78 is 13.7. The van der Waals surface area contributed by atoms with Crippen molar-refractivity contribution in [3.8, 4) is 11.5 Å². The minimum atomic E-state index is -0.102. The first-order valence-electron chi connectivity index (χ1n) is 12.6. The quantitative estimate of drug-likeness (QED) is 0.268. The second-order valence-electron chi connectivity index (χ2n) is 9.30. The zero-order chi connectivity index (χ0) is 25.5. The number of amides is 1. The van der Waals surface area contributed by atoms with E-state index in [1.165, 1.54) is 11.1 Å². The van der Waals surface area contributed by atoms with Gasteiger partial charge in [0, 0.05) is 18.5 Å². The van der Waals surface area contributed by atoms with Gasteiger partial charge in [-0.05, 0) is 66.8 Å². The van der Waals surface area contributed by atoms with Crippen molar-refractivity contribution in [1.29, 1.82) is 0 Å². The fourth-order valence-electron chi connectivity index (χ4n) is 4.37. The van der Waals surface area contributed by atoms with Crippen LogP contribution < -0.4 is 14.8 Å². The summed E-state index contributed by atoms with van der Waals surface area (Å²) in [4.78, 5) is 17.4. The number of imidazole rings is 1. The molecule has 0 unspecified atom stereocenters. The fraction of sp³-hybridized carbons (Fsp3) is 0.333. The molecule has 188 valence electrons. The standard InChI is InChI=1S/C30H35N3O3/c1-21(2)25-15-14-22(3)19-28(25)36-18-17-33-27-12-6-5-11-26(27)32-29(33)13-8-16-31-30(34)23-9-7-10-24(20-23)35-4/h5-7,9-12,14-15,19-21H,8,13,16-18H2,1-4H3,(H,31,34). The van der Waals surface area contributed by atoms with E-state index in [4.69, 9.17) is 14.5 Å². The van der Waals surface area contributed by atoms with Gasteiger partial charge in [0.2, 0.25) is 0 Å². The summed E-state index contributed by atoms with van der Waals surface area (Å²) in [5.41, 5.74) is 5.09. The predicted octanol–water partition coefficient (Wildman–Crippen LogP) is 5.92. The first-order chi connectivity index (χ1) is 17.5. The number of carbonyl (C=O) groups is 1. The smallest absolute Gasteiger partial charge is 0.251 e. The maximum atomic E-state index is 12.5. The van der Waals surface area contributed by atoms with Gasteiger partial charge in [-0.15, -0.1) is 0 Å². The zero-order valence-corrected chi connectivity index (χ0v) is 21.6. The Bertz CT molecular complexity index is 1330. The van der Waals surface area contributed by atoms with Crippen LogP contribution in [-0.4, -0.2) is 35.7 Å². The third-order valence-electron chi connectivity index (χ3n) is 6.29. The number of nitrogens with zero attached hydrogens (tertiary/aromatic N) is 2. The summed E-state index contributed by atoms with van der Waals surface area (Å²) in [6.45, 7) is 8.29. The van der Waals surface area contributed by atoms with Gasteiger partial charge in [0.1, 0.15) is 23.9 Å². The highest BCUT2D eigenvalue weighted by Gasteiger charge is 2.13. The molecule has 6 heteroatoms. The molecule has 1 aromatic heterocycles. The number of hydrogen-bond donors (Lipinski definition) is 1. The van der Waals surface area contributed by atoms with Crippen molar-refractivity contribution in [2.24, 2.45) is 0 Å². The van der Waals surface area contributed by atoms with Gasteiger partial charge in [0.05, 0.1) is 24.7 Å². The Kier molecular flexibility index (Phi) is 8.26. The van der Waals surface area contributed by atoms with Gasteiger partial charge in [0.15, 0.2) is 0 Å². The van der Waals surface area contributed by atoms with Crippen LogP contribution in [-0.2, 0) is 13.0 Å². The van der Waals surface area contributed by atoms with Crippen molar-refractivity contribution in [1.82, 2.24) is 14.9 Å². The molecule has 0 fully saturated rings. The molecule has 0 bridgehead atoms. The molecule has 0 saturated carbocycles. The third kappa shape index (κ3) is 6.06. The Hall–Kier alpha value is -3.80. The SMILES string of the molecule is COc1cccc(C(=O)NCCCc2nc3ccccc3n2CCOc2cc(C)ccc2C(C)C)c1. The highest BCUT2D eigenvalue weighted by Crippen LogP contribution is 2.27. The molecular weight excluding hydrogens is 450 g/mol. The minimum Gasteiger partial charge on any atom is -0.497 e. The van der Waals surface area contributed by atoms with Crippen LogP contribution in [0.2, 0.25) is 0 Å². The zero-order valence-electron chi connectivity index (χ0n) is 21.6. The molecule has 1 amide bonds. The number of aromatic nitrogens is 2. The van der Waals surface area contributed by atoms with Crippen LogP contribution in [0.5, 0.6) is 11.5 Å². The summed E-state index contributed by atoms with van der Waals surface area (Å²) in [5.74, 6) is 2.93. The number of fused-ring (bicyclic) bond motifs is 1. The molecule has 0 aliphatic rings. The lowest BCUT2D eigenvalue weighted by Gasteiger charge is -2.16. The Morgan fingerprint density at radius 1 is 1.06 bits per heavy atom. The van der Waals surface area contributed by atoms with Gasteiger partial charge in [-0.1, -0.05) is 44.2 Å². The number of carbonyl (C=O) groups excluding carboxylic acids is 1. The highest BCUT2D eigenvalue weighted by molar-refractivity contribution is 5.94. The number of hydrogen-bond acceptors (Lipinski definition) is 4. The molecule has 36 heavy (non-hydrogen) atoms. The normalized spacial score (nSPS) is 11.1. The Balaban J connectivity index is 1.39. The monoisotopic (exact) mass is 485 g/mol. The molecule has 4 aromatic rings. The first-order valence-corrected chi connectivity index (χ1v) is 12.6. The second-order valence-corrected chi connectivity index (χ2v) is 9.30. The average molecular weight is 486 g/mol. The Morgan fingerprint density at radius 3 is 2.69 bits per heavy atom. The second kappa shape index (κ2) is 11.8. The van der Waals surface area contributed by atoms with Crippen LogP contribution in [0.15, 0.2) is 66.7 Å². The van der Waals surface area contributed by atoms with Gasteiger partial charge >= 0.3 is 0 Å². The molecule has 3 aromatic carbocycles. The molecule has 0 radical (unpaired) electrons. The molecule has 0 atom stereocenters. The van der Waals surface area contributed by atoms with Gasteiger partial charge in [-0.2, -0.15) is 0 Å². The van der Waals surface area contributed by atoms with Crippen LogP contribution in [0.1, 0.15) is 53.5 Å². The maximum Gasteiger partial charge on any atom is 0.251 e. The molecule has 6 nitrogen and oxygen atoms in total. The van der Waals surface area contributed by atoms with Crippen LogP contribution in [0.25, 0.3) is 11.0 Å². The number of ether oxygens (including phenoxy) is 2. The van der Waals surface area contributed by atoms with Crippen molar-refractivity contribution in [2.75, 3.05) is 20.3 Å². The van der Waals surface area contributed by atoms with E-state index >= 15 is 0 Å². The van der Waals surface area contributed by atoms with Crippen LogP contribution in [0.4, 0.5) is 0 Å². The Labute approximate surface area is 213 Å². The van der Waals surface area contributed by atoms with Gasteiger partial charge < -0.3 is 19.4 Å². The average Bonchev–Trinajstić information content (AvgIpc) is 3.23. The predicted molar refractivity (Wildman–Crippen MR) is 144 cm³/mol. The fourth-order valence-corrected chi connectivity index (χ4v) is 4.37. The van der Waals surface area contributed by atoms with Crippen molar-refractivity contribution < 1.29 is 14.3 Å². The van der Waals surface area contributed by atoms with E-state index in [-0.39, 0.29) is 5.91 Å². The molecule has 0 aliphatic heterocycles. The van der Waals surface area contributed by atoms with Crippen molar-refractivity contribution in [2.45, 2.75) is 46.1 Å². The number of benzene rings is 3. The number of rotatable bonds is 11. The van der Waals surface area contributed by atoms with Crippen LogP contribution in [0.3, 0.4) is 0 Å². The lowest BCUT2D eigenvalue weighted by atomic mass is 10.0. The van der Waals surface area contributed by atoms with Gasteiger partial charge in [-0.3, -0.25) is 4.79 Å². The number of aryl methyl sites for hydroxylation is 2. The van der Waals surface area contributed by atoms with Gasteiger partial charge in [0.25, 0.3) is 5.91 Å². The summed E-state index contributed by atoms with van der Waals surface area (Å²) in [6, 6.07) is 21.8. The van der Waals surface area contributed by atoms with E-state index < -0.39 is 0 Å². The first kappa shape index (κ1) is 25.3. The van der Waals surface area contributed by atoms with E-state index in [0.29, 0.717) is 36.9 Å². The number of methoxy groups -OCH3 is 1. The van der Waals surface area contributed by atoms with Gasteiger partial charge in [-0.25, -0.2) is 4.98 Å². The largest absolute Gasteiger partial charge is 0.497 e. The van der Waals surface area contributed by atoms with E-state index in [1.54, 1.807) is 19.2 Å². The third-order valence-corrected chi connectivity index (χ3v) is 6.29. The minimum absolute atomic E-state index is 0.102. The summed E-state index contributed by atoms with van der Waals surface area (Å²) in [7, 11) is 1.60. The summed E-state index contributed by atoms with van der Waals surface area (Å²) in [6.07, 6.45) is 1.55. The van der Waals surface area contributed by atoms with E-state index in [0.717, 1.165) is 35.4 Å². The topological polar surface area (TPSA) is 65.4 Å². The molecular formula is C30H35N3O3. The number of nitrogens with one attached hydrogen (secondary N) is 1. The van der Waals surface area contributed by atoms with E-state index in [1.807, 2.05) is 30.3 Å². The van der Waals surface area contributed by atoms with Crippen LogP contribution >= 0.6 is 0 Å². The lowest BCUT2D eigenvalue weighted by Crippen LogP contribution is -2.25. The summed E-state index contributed by atoms with van der Waals surface area (Å²) >= 11 is 0. The molecule has 1 N–H and O–H groups in total.